The van der Waals surface area contributed by atoms with Crippen molar-refractivity contribution in [1.82, 2.24) is 0 Å². The van der Waals surface area contributed by atoms with Crippen LogP contribution in [0.1, 0.15) is 103 Å². The van der Waals surface area contributed by atoms with Crippen molar-refractivity contribution in [1.29, 1.82) is 0 Å². The maximum Gasteiger partial charge on any atom is 0.302 e. The molecule has 0 bridgehead atoms. The lowest BCUT2D eigenvalue weighted by atomic mass is 9.51. The molecule has 3 aliphatic rings. The first-order chi connectivity index (χ1) is 16.5. The maximum atomic E-state index is 11.5. The fraction of sp³-hybridized carbons (Fsp3) is 0.767. The fourth-order valence-corrected chi connectivity index (χ4v) is 7.52. The molecule has 1 aromatic rings. The molecule has 0 saturated heterocycles. The van der Waals surface area contributed by atoms with E-state index in [4.69, 9.17) is 14.2 Å². The van der Waals surface area contributed by atoms with E-state index < -0.39 is 0 Å². The zero-order chi connectivity index (χ0) is 24.1. The minimum absolute atomic E-state index is 0.170. The van der Waals surface area contributed by atoms with Crippen molar-refractivity contribution in [3.8, 4) is 5.75 Å². The van der Waals surface area contributed by atoms with E-state index in [1.165, 1.54) is 50.2 Å². The SMILES string of the molecule is CCCCOc1ccc2c(c1)CCC1C2[C@@H](CCOC(C)=O)CC2(C)C(OCCCC)CCC12. The van der Waals surface area contributed by atoms with E-state index in [1.807, 2.05) is 0 Å². The molecular weight excluding hydrogens is 424 g/mol. The van der Waals surface area contributed by atoms with Gasteiger partial charge in [0.2, 0.25) is 0 Å². The Hall–Kier alpha value is -1.55. The monoisotopic (exact) mass is 470 g/mol. The topological polar surface area (TPSA) is 44.8 Å². The highest BCUT2D eigenvalue weighted by atomic mass is 16.5. The number of aryl methyl sites for hydroxylation is 1. The zero-order valence-corrected chi connectivity index (χ0v) is 21.9. The quantitative estimate of drug-likeness (QED) is 0.256. The molecule has 4 rings (SSSR count). The van der Waals surface area contributed by atoms with Gasteiger partial charge in [-0.3, -0.25) is 4.79 Å². The van der Waals surface area contributed by atoms with Crippen molar-refractivity contribution >= 4 is 5.97 Å². The van der Waals surface area contributed by atoms with E-state index in [1.54, 1.807) is 0 Å². The number of esters is 1. The van der Waals surface area contributed by atoms with Crippen LogP contribution in [0.4, 0.5) is 0 Å². The van der Waals surface area contributed by atoms with Gasteiger partial charge >= 0.3 is 5.97 Å². The number of rotatable bonds is 11. The zero-order valence-electron chi connectivity index (χ0n) is 21.9. The van der Waals surface area contributed by atoms with Gasteiger partial charge in [0.05, 0.1) is 19.3 Å². The van der Waals surface area contributed by atoms with Gasteiger partial charge in [-0.15, -0.1) is 0 Å². The van der Waals surface area contributed by atoms with Crippen LogP contribution in [-0.4, -0.2) is 31.9 Å². The summed E-state index contributed by atoms with van der Waals surface area (Å²) in [6.45, 7) is 10.7. The minimum atomic E-state index is -0.170. The number of unbranched alkanes of at least 4 members (excludes halogenated alkanes) is 2. The van der Waals surface area contributed by atoms with Crippen LogP contribution in [0.3, 0.4) is 0 Å². The highest BCUT2D eigenvalue weighted by molar-refractivity contribution is 5.65. The van der Waals surface area contributed by atoms with E-state index >= 15 is 0 Å². The lowest BCUT2D eigenvalue weighted by Gasteiger charge is -2.54. The van der Waals surface area contributed by atoms with Gasteiger partial charge in [0.25, 0.3) is 0 Å². The van der Waals surface area contributed by atoms with Gasteiger partial charge in [-0.05, 0) is 104 Å². The second-order valence-corrected chi connectivity index (χ2v) is 11.3. The van der Waals surface area contributed by atoms with Gasteiger partial charge in [0.1, 0.15) is 5.75 Å². The van der Waals surface area contributed by atoms with Crippen molar-refractivity contribution in [3.05, 3.63) is 29.3 Å². The summed E-state index contributed by atoms with van der Waals surface area (Å²) in [7, 11) is 0. The molecule has 0 heterocycles. The van der Waals surface area contributed by atoms with E-state index in [2.05, 4.69) is 39.0 Å². The summed E-state index contributed by atoms with van der Waals surface area (Å²) in [5.41, 5.74) is 3.24. The Bertz CT molecular complexity index is 820. The minimum Gasteiger partial charge on any atom is -0.494 e. The molecular formula is C30H46O4. The molecule has 5 unspecified atom stereocenters. The van der Waals surface area contributed by atoms with Crippen molar-refractivity contribution in [3.63, 3.8) is 0 Å². The Balaban J connectivity index is 1.58. The van der Waals surface area contributed by atoms with Crippen molar-refractivity contribution < 1.29 is 19.0 Å². The molecule has 0 amide bonds. The standard InChI is InChI=1S/C30H46O4/c1-5-7-16-33-24-10-12-25-22(19-24)9-11-26-27-13-14-28(34-17-8-6-2)30(27,4)20-23(29(25)26)15-18-32-21(3)31/h10,12,19,23,26-29H,5-9,11,13-18,20H2,1-4H3/t23-,26?,27?,28?,29?,30?/m0/s1. The van der Waals surface area contributed by atoms with E-state index in [9.17, 15) is 4.79 Å². The van der Waals surface area contributed by atoms with Gasteiger partial charge in [-0.25, -0.2) is 0 Å². The van der Waals surface area contributed by atoms with E-state index in [0.29, 0.717) is 30.5 Å². The van der Waals surface area contributed by atoms with Crippen molar-refractivity contribution in [2.24, 2.45) is 23.2 Å². The molecule has 6 atom stereocenters. The Labute approximate surface area is 207 Å². The van der Waals surface area contributed by atoms with Crippen LogP contribution in [-0.2, 0) is 20.7 Å². The smallest absolute Gasteiger partial charge is 0.302 e. The summed E-state index contributed by atoms with van der Waals surface area (Å²) in [4.78, 5) is 11.5. The average Bonchev–Trinajstić information content (AvgIpc) is 3.14. The number of hydrogen-bond donors (Lipinski definition) is 0. The maximum absolute atomic E-state index is 11.5. The first-order valence-electron chi connectivity index (χ1n) is 14.0. The number of carbonyl (C=O) groups is 1. The van der Waals surface area contributed by atoms with Gasteiger partial charge in [-0.1, -0.05) is 39.7 Å². The molecule has 34 heavy (non-hydrogen) atoms. The van der Waals surface area contributed by atoms with Gasteiger partial charge in [-0.2, -0.15) is 0 Å². The van der Waals surface area contributed by atoms with Crippen LogP contribution in [0.5, 0.6) is 5.75 Å². The summed E-state index contributed by atoms with van der Waals surface area (Å²) in [6.07, 6.45) is 12.0. The van der Waals surface area contributed by atoms with Gasteiger partial charge < -0.3 is 14.2 Å². The first kappa shape index (κ1) is 25.5. The highest BCUT2D eigenvalue weighted by Gasteiger charge is 2.58. The van der Waals surface area contributed by atoms with Crippen molar-refractivity contribution in [2.75, 3.05) is 19.8 Å². The lowest BCUT2D eigenvalue weighted by molar-refractivity contribution is -0.142. The van der Waals surface area contributed by atoms with Gasteiger partial charge in [0.15, 0.2) is 0 Å². The highest BCUT2D eigenvalue weighted by Crippen LogP contribution is 2.64. The lowest BCUT2D eigenvalue weighted by Crippen LogP contribution is -2.48. The summed E-state index contributed by atoms with van der Waals surface area (Å²) in [5, 5.41) is 0. The third-order valence-electron chi connectivity index (χ3n) is 9.11. The third-order valence-corrected chi connectivity index (χ3v) is 9.11. The molecule has 4 nitrogen and oxygen atoms in total. The average molecular weight is 471 g/mol. The third kappa shape index (κ3) is 5.32. The normalized spacial score (nSPS) is 31.9. The summed E-state index contributed by atoms with van der Waals surface area (Å²) in [6, 6.07) is 6.86. The van der Waals surface area contributed by atoms with Crippen molar-refractivity contribution in [2.45, 2.75) is 104 Å². The fourth-order valence-electron chi connectivity index (χ4n) is 7.52. The molecule has 4 heteroatoms. The predicted molar refractivity (Wildman–Crippen MR) is 136 cm³/mol. The van der Waals surface area contributed by atoms with Crippen LogP contribution in [0, 0.1) is 23.2 Å². The Kier molecular flexibility index (Phi) is 8.61. The first-order valence-corrected chi connectivity index (χ1v) is 14.0. The second kappa shape index (κ2) is 11.5. The molecule has 3 aliphatic carbocycles. The Morgan fingerprint density at radius 1 is 1.06 bits per heavy atom. The van der Waals surface area contributed by atoms with E-state index in [0.717, 1.165) is 57.0 Å². The molecule has 0 aliphatic heterocycles. The number of carbonyl (C=O) groups excluding carboxylic acids is 1. The molecule has 0 N–H and O–H groups in total. The van der Waals surface area contributed by atoms with Crippen LogP contribution in [0.15, 0.2) is 18.2 Å². The van der Waals surface area contributed by atoms with Crippen LogP contribution >= 0.6 is 0 Å². The van der Waals surface area contributed by atoms with Gasteiger partial charge in [0, 0.05) is 13.5 Å². The second-order valence-electron chi connectivity index (χ2n) is 11.3. The van der Waals surface area contributed by atoms with Crippen LogP contribution in [0.2, 0.25) is 0 Å². The number of fused-ring (bicyclic) bond motifs is 5. The number of hydrogen-bond acceptors (Lipinski definition) is 4. The molecule has 1 aromatic carbocycles. The molecule has 2 saturated carbocycles. The van der Waals surface area contributed by atoms with Crippen LogP contribution in [0.25, 0.3) is 0 Å². The molecule has 0 spiro atoms. The number of ether oxygens (including phenoxy) is 3. The Morgan fingerprint density at radius 2 is 1.85 bits per heavy atom. The largest absolute Gasteiger partial charge is 0.494 e. The molecule has 0 radical (unpaired) electrons. The molecule has 190 valence electrons. The van der Waals surface area contributed by atoms with E-state index in [-0.39, 0.29) is 11.4 Å². The summed E-state index contributed by atoms with van der Waals surface area (Å²) in [5.74, 6) is 3.34. The summed E-state index contributed by atoms with van der Waals surface area (Å²) >= 11 is 0. The Morgan fingerprint density at radius 3 is 2.62 bits per heavy atom. The molecule has 0 aromatic heterocycles. The molecule has 2 fully saturated rings. The summed E-state index contributed by atoms with van der Waals surface area (Å²) < 4.78 is 18.0. The number of benzene rings is 1. The predicted octanol–water partition coefficient (Wildman–Crippen LogP) is 7.09. The van der Waals surface area contributed by atoms with Crippen LogP contribution < -0.4 is 4.74 Å².